The molecule has 35 heavy (non-hydrogen) atoms. The fraction of sp³-hybridized carbons (Fsp3) is 0.160. The van der Waals surface area contributed by atoms with Crippen LogP contribution in [0, 0.1) is 5.82 Å². The van der Waals surface area contributed by atoms with Gasteiger partial charge in [-0.3, -0.25) is 4.79 Å². The average molecular weight is 499 g/mol. The predicted molar refractivity (Wildman–Crippen MR) is 131 cm³/mol. The molecule has 0 radical (unpaired) electrons. The molecule has 2 N–H and O–H groups in total. The standard InChI is InChI=1S/C25H23FN2O6S/c1-27-25(29)23-19-12-22(32-2)20(28-14-35(3,30)31)13-21(19)34-24(23)15-4-8-17(9-5-15)33-18-10-6-16(26)7-11-18/h4-13,28H,14H2,1-3H3,(H,27,29). The van der Waals surface area contributed by atoms with Gasteiger partial charge in [-0.15, -0.1) is 0 Å². The molecule has 0 aliphatic rings. The molecule has 0 aliphatic carbocycles. The largest absolute Gasteiger partial charge is 0.495 e. The van der Waals surface area contributed by atoms with E-state index < -0.39 is 9.84 Å². The average Bonchev–Trinajstić information content (AvgIpc) is 3.21. The van der Waals surface area contributed by atoms with Crippen LogP contribution in [0.1, 0.15) is 10.4 Å². The third kappa shape index (κ3) is 5.38. The third-order valence-electron chi connectivity index (χ3n) is 5.15. The van der Waals surface area contributed by atoms with Crippen LogP contribution in [0.2, 0.25) is 0 Å². The van der Waals surface area contributed by atoms with Gasteiger partial charge in [0.2, 0.25) is 0 Å². The van der Waals surface area contributed by atoms with Crippen molar-refractivity contribution in [3.05, 3.63) is 72.0 Å². The SMILES string of the molecule is CNC(=O)c1c(-c2ccc(Oc3ccc(F)cc3)cc2)oc2cc(NCS(C)(=O)=O)c(OC)cc12. The first-order valence-electron chi connectivity index (χ1n) is 10.5. The fourth-order valence-electron chi connectivity index (χ4n) is 3.51. The van der Waals surface area contributed by atoms with E-state index in [1.807, 2.05) is 0 Å². The van der Waals surface area contributed by atoms with Crippen LogP contribution in [-0.2, 0) is 9.84 Å². The summed E-state index contributed by atoms with van der Waals surface area (Å²) in [6.45, 7) is 0. The molecule has 0 aliphatic heterocycles. The first kappa shape index (κ1) is 24.1. The first-order valence-corrected chi connectivity index (χ1v) is 12.6. The van der Waals surface area contributed by atoms with Crippen LogP contribution in [0.25, 0.3) is 22.3 Å². The highest BCUT2D eigenvalue weighted by Crippen LogP contribution is 2.39. The van der Waals surface area contributed by atoms with Crippen molar-refractivity contribution in [2.24, 2.45) is 0 Å². The van der Waals surface area contributed by atoms with E-state index in [4.69, 9.17) is 13.9 Å². The summed E-state index contributed by atoms with van der Waals surface area (Å²) in [6.07, 6.45) is 1.11. The van der Waals surface area contributed by atoms with Gasteiger partial charge in [0, 0.05) is 30.3 Å². The van der Waals surface area contributed by atoms with Gasteiger partial charge in [0.25, 0.3) is 5.91 Å². The Kier molecular flexibility index (Phi) is 6.65. The summed E-state index contributed by atoms with van der Waals surface area (Å²) in [5.41, 5.74) is 1.72. The van der Waals surface area contributed by atoms with Gasteiger partial charge in [0.05, 0.1) is 18.4 Å². The number of furan rings is 1. The van der Waals surface area contributed by atoms with E-state index >= 15 is 0 Å². The maximum Gasteiger partial charge on any atom is 0.255 e. The monoisotopic (exact) mass is 498 g/mol. The van der Waals surface area contributed by atoms with E-state index in [0.29, 0.717) is 50.8 Å². The fourth-order valence-corrected chi connectivity index (χ4v) is 3.92. The Bertz CT molecular complexity index is 1480. The number of ether oxygens (including phenoxy) is 2. The Morgan fingerprint density at radius 3 is 2.23 bits per heavy atom. The molecule has 10 heteroatoms. The number of hydrogen-bond acceptors (Lipinski definition) is 7. The summed E-state index contributed by atoms with van der Waals surface area (Å²) in [5, 5.41) is 5.96. The quantitative estimate of drug-likeness (QED) is 0.359. The molecule has 0 spiro atoms. The Hall–Kier alpha value is -4.05. The van der Waals surface area contributed by atoms with Crippen LogP contribution in [0.15, 0.2) is 65.1 Å². The van der Waals surface area contributed by atoms with E-state index in [1.165, 1.54) is 38.4 Å². The molecule has 0 saturated heterocycles. The molecule has 0 unspecified atom stereocenters. The molecule has 182 valence electrons. The number of methoxy groups -OCH3 is 1. The Morgan fingerprint density at radius 2 is 1.66 bits per heavy atom. The molecule has 0 fully saturated rings. The lowest BCUT2D eigenvalue weighted by Crippen LogP contribution is -2.18. The molecule has 1 amide bonds. The number of benzene rings is 3. The van der Waals surface area contributed by atoms with Crippen molar-refractivity contribution in [2.75, 3.05) is 31.6 Å². The Morgan fingerprint density at radius 1 is 1.03 bits per heavy atom. The maximum atomic E-state index is 13.1. The lowest BCUT2D eigenvalue weighted by atomic mass is 10.0. The molecule has 1 aromatic heterocycles. The molecular weight excluding hydrogens is 475 g/mol. The zero-order valence-corrected chi connectivity index (χ0v) is 20.0. The summed E-state index contributed by atoms with van der Waals surface area (Å²) in [7, 11) is -0.315. The van der Waals surface area contributed by atoms with Crippen molar-refractivity contribution < 1.29 is 31.5 Å². The van der Waals surface area contributed by atoms with E-state index in [1.54, 1.807) is 36.4 Å². The van der Waals surface area contributed by atoms with Gasteiger partial charge in [0.1, 0.15) is 40.3 Å². The number of amides is 1. The molecule has 1 heterocycles. The van der Waals surface area contributed by atoms with Crippen LogP contribution >= 0.6 is 0 Å². The molecule has 4 aromatic rings. The van der Waals surface area contributed by atoms with Gasteiger partial charge in [-0.2, -0.15) is 0 Å². The van der Waals surface area contributed by atoms with Gasteiger partial charge in [-0.05, 0) is 54.6 Å². The van der Waals surface area contributed by atoms with E-state index in [0.717, 1.165) is 6.26 Å². The molecule has 0 bridgehead atoms. The Labute approximate surface area is 201 Å². The second-order valence-corrected chi connectivity index (χ2v) is 9.90. The number of carbonyl (C=O) groups is 1. The number of halogens is 1. The number of hydrogen-bond donors (Lipinski definition) is 2. The number of sulfone groups is 1. The van der Waals surface area contributed by atoms with Crippen molar-refractivity contribution in [2.45, 2.75) is 0 Å². The van der Waals surface area contributed by atoms with Crippen molar-refractivity contribution in [3.63, 3.8) is 0 Å². The number of fused-ring (bicyclic) bond motifs is 1. The van der Waals surface area contributed by atoms with Gasteiger partial charge < -0.3 is 24.5 Å². The maximum absolute atomic E-state index is 13.1. The minimum absolute atomic E-state index is 0.291. The summed E-state index contributed by atoms with van der Waals surface area (Å²) < 4.78 is 53.5. The zero-order valence-electron chi connectivity index (χ0n) is 19.2. The summed E-state index contributed by atoms with van der Waals surface area (Å²) in [6, 6.07) is 15.8. The normalized spacial score (nSPS) is 11.3. The van der Waals surface area contributed by atoms with Crippen molar-refractivity contribution >= 4 is 32.4 Å². The van der Waals surface area contributed by atoms with Crippen LogP contribution < -0.4 is 20.1 Å². The highest BCUT2D eigenvalue weighted by molar-refractivity contribution is 7.90. The van der Waals surface area contributed by atoms with Gasteiger partial charge in [-0.25, -0.2) is 12.8 Å². The summed E-state index contributed by atoms with van der Waals surface area (Å²) in [5.74, 6) is 0.689. The van der Waals surface area contributed by atoms with Gasteiger partial charge >= 0.3 is 0 Å². The lowest BCUT2D eigenvalue weighted by Gasteiger charge is -2.10. The topological polar surface area (TPSA) is 107 Å². The number of rotatable bonds is 8. The Balaban J connectivity index is 1.74. The zero-order chi connectivity index (χ0) is 25.2. The number of carbonyl (C=O) groups excluding carboxylic acids is 1. The van der Waals surface area contributed by atoms with E-state index in [9.17, 15) is 17.6 Å². The van der Waals surface area contributed by atoms with Crippen molar-refractivity contribution in [3.8, 4) is 28.6 Å². The highest BCUT2D eigenvalue weighted by Gasteiger charge is 2.23. The van der Waals surface area contributed by atoms with E-state index in [-0.39, 0.29) is 17.6 Å². The molecular formula is C25H23FN2O6S. The minimum atomic E-state index is -3.28. The third-order valence-corrected chi connectivity index (χ3v) is 5.82. The van der Waals surface area contributed by atoms with Crippen LogP contribution in [-0.4, -0.2) is 40.6 Å². The van der Waals surface area contributed by atoms with Crippen LogP contribution in [0.3, 0.4) is 0 Å². The second kappa shape index (κ2) is 9.67. The molecule has 3 aromatic carbocycles. The summed E-state index contributed by atoms with van der Waals surface area (Å²) >= 11 is 0. The minimum Gasteiger partial charge on any atom is -0.495 e. The van der Waals surface area contributed by atoms with Crippen LogP contribution in [0.5, 0.6) is 17.2 Å². The van der Waals surface area contributed by atoms with Crippen LogP contribution in [0.4, 0.5) is 10.1 Å². The predicted octanol–water partition coefficient (Wildman–Crippen LogP) is 4.81. The molecule has 0 atom stereocenters. The number of anilines is 1. The smallest absolute Gasteiger partial charge is 0.255 e. The first-order chi connectivity index (χ1) is 16.7. The highest BCUT2D eigenvalue weighted by atomic mass is 32.2. The second-order valence-electron chi connectivity index (χ2n) is 7.76. The molecule has 4 rings (SSSR count). The van der Waals surface area contributed by atoms with Gasteiger partial charge in [-0.1, -0.05) is 0 Å². The van der Waals surface area contributed by atoms with Crippen molar-refractivity contribution in [1.29, 1.82) is 0 Å². The summed E-state index contributed by atoms with van der Waals surface area (Å²) in [4.78, 5) is 12.8. The number of nitrogens with one attached hydrogen (secondary N) is 2. The van der Waals surface area contributed by atoms with Crippen molar-refractivity contribution in [1.82, 2.24) is 5.32 Å². The molecule has 8 nitrogen and oxygen atoms in total. The molecule has 0 saturated carbocycles. The lowest BCUT2D eigenvalue weighted by molar-refractivity contribution is 0.0964. The van der Waals surface area contributed by atoms with E-state index in [2.05, 4.69) is 10.6 Å². The van der Waals surface area contributed by atoms with Gasteiger partial charge in [0.15, 0.2) is 9.84 Å².